The molecule has 3 atom stereocenters. The Balaban J connectivity index is 1.68. The molecule has 1 saturated heterocycles. The molecule has 0 amide bonds. The minimum atomic E-state index is 0.614. The van der Waals surface area contributed by atoms with Crippen molar-refractivity contribution in [3.63, 3.8) is 0 Å². The van der Waals surface area contributed by atoms with Gasteiger partial charge in [-0.15, -0.1) is 0 Å². The van der Waals surface area contributed by atoms with Gasteiger partial charge in [-0.3, -0.25) is 4.90 Å². The van der Waals surface area contributed by atoms with Crippen molar-refractivity contribution < 1.29 is 4.74 Å². The van der Waals surface area contributed by atoms with Crippen LogP contribution in [0.3, 0.4) is 0 Å². The fourth-order valence-electron chi connectivity index (χ4n) is 2.98. The number of morpholine rings is 1. The van der Waals surface area contributed by atoms with Gasteiger partial charge in [-0.25, -0.2) is 0 Å². The molecule has 3 nitrogen and oxygen atoms in total. The summed E-state index contributed by atoms with van der Waals surface area (Å²) >= 11 is 0. The number of rotatable bonds is 4. The van der Waals surface area contributed by atoms with Crippen LogP contribution in [0.15, 0.2) is 0 Å². The lowest BCUT2D eigenvalue weighted by Crippen LogP contribution is -2.47. The molecular formula is C13H26N2O. The molecule has 94 valence electrons. The number of hydrogen-bond donors (Lipinski definition) is 1. The van der Waals surface area contributed by atoms with E-state index in [2.05, 4.69) is 24.1 Å². The summed E-state index contributed by atoms with van der Waals surface area (Å²) in [5, 5.41) is 3.79. The zero-order chi connectivity index (χ0) is 11.4. The molecule has 0 aromatic rings. The van der Waals surface area contributed by atoms with Crippen molar-refractivity contribution in [2.45, 2.75) is 45.2 Å². The molecule has 3 unspecified atom stereocenters. The smallest absolute Gasteiger partial charge is 0.0594 e. The Labute approximate surface area is 99.5 Å². The fourth-order valence-corrected chi connectivity index (χ4v) is 2.98. The van der Waals surface area contributed by atoms with Gasteiger partial charge in [0.25, 0.3) is 0 Å². The van der Waals surface area contributed by atoms with Gasteiger partial charge in [0.1, 0.15) is 0 Å². The summed E-state index contributed by atoms with van der Waals surface area (Å²) in [6.07, 6.45) is 4.18. The lowest BCUT2D eigenvalue weighted by Gasteiger charge is -2.31. The van der Waals surface area contributed by atoms with Crippen molar-refractivity contribution in [2.24, 2.45) is 5.92 Å². The van der Waals surface area contributed by atoms with Gasteiger partial charge in [0.15, 0.2) is 0 Å². The van der Waals surface area contributed by atoms with Crippen LogP contribution >= 0.6 is 0 Å². The average molecular weight is 226 g/mol. The molecule has 1 aliphatic carbocycles. The highest BCUT2D eigenvalue weighted by Crippen LogP contribution is 2.25. The average Bonchev–Trinajstić information content (AvgIpc) is 2.66. The molecular weight excluding hydrogens is 200 g/mol. The van der Waals surface area contributed by atoms with Crippen LogP contribution in [-0.2, 0) is 4.74 Å². The van der Waals surface area contributed by atoms with E-state index in [0.717, 1.165) is 38.3 Å². The second-order valence-corrected chi connectivity index (χ2v) is 5.50. The Kier molecular flexibility index (Phi) is 4.62. The predicted molar refractivity (Wildman–Crippen MR) is 66.7 cm³/mol. The number of ether oxygens (including phenoxy) is 1. The van der Waals surface area contributed by atoms with Crippen molar-refractivity contribution in [3.05, 3.63) is 0 Å². The molecule has 2 rings (SSSR count). The molecule has 3 heteroatoms. The van der Waals surface area contributed by atoms with Crippen molar-refractivity contribution in [1.29, 1.82) is 0 Å². The van der Waals surface area contributed by atoms with Crippen LogP contribution in [0.25, 0.3) is 0 Å². The summed E-state index contributed by atoms with van der Waals surface area (Å²) in [7, 11) is 0. The van der Waals surface area contributed by atoms with Crippen LogP contribution in [0.2, 0.25) is 0 Å². The third-order valence-electron chi connectivity index (χ3n) is 4.00. The maximum Gasteiger partial charge on any atom is 0.0594 e. The van der Waals surface area contributed by atoms with Gasteiger partial charge in [0.05, 0.1) is 13.2 Å². The van der Waals surface area contributed by atoms with E-state index < -0.39 is 0 Å². The highest BCUT2D eigenvalue weighted by molar-refractivity contribution is 4.83. The SMILES string of the molecule is CC(CN1CCOCC1)NC1CCCC1C. The molecule has 2 aliphatic rings. The fraction of sp³-hybridized carbons (Fsp3) is 1.00. The van der Waals surface area contributed by atoms with Gasteiger partial charge in [-0.2, -0.15) is 0 Å². The Bertz CT molecular complexity index is 204. The van der Waals surface area contributed by atoms with E-state index in [9.17, 15) is 0 Å². The summed E-state index contributed by atoms with van der Waals surface area (Å²) in [5.41, 5.74) is 0. The van der Waals surface area contributed by atoms with Gasteiger partial charge in [0, 0.05) is 31.7 Å². The molecule has 1 aliphatic heterocycles. The first-order chi connectivity index (χ1) is 7.75. The molecule has 0 aromatic heterocycles. The highest BCUT2D eigenvalue weighted by atomic mass is 16.5. The van der Waals surface area contributed by atoms with E-state index in [4.69, 9.17) is 4.74 Å². The molecule has 1 heterocycles. The van der Waals surface area contributed by atoms with E-state index in [1.807, 2.05) is 0 Å². The molecule has 0 spiro atoms. The van der Waals surface area contributed by atoms with Crippen LogP contribution in [-0.4, -0.2) is 49.8 Å². The van der Waals surface area contributed by atoms with Crippen molar-refractivity contribution >= 4 is 0 Å². The molecule has 2 fully saturated rings. The van der Waals surface area contributed by atoms with Gasteiger partial charge in [-0.1, -0.05) is 13.3 Å². The number of nitrogens with one attached hydrogen (secondary N) is 1. The summed E-state index contributed by atoms with van der Waals surface area (Å²) in [6, 6.07) is 1.37. The highest BCUT2D eigenvalue weighted by Gasteiger charge is 2.25. The first-order valence-electron chi connectivity index (χ1n) is 6.82. The van der Waals surface area contributed by atoms with Gasteiger partial charge < -0.3 is 10.1 Å². The quantitative estimate of drug-likeness (QED) is 0.786. The second-order valence-electron chi connectivity index (χ2n) is 5.50. The molecule has 1 N–H and O–H groups in total. The normalized spacial score (nSPS) is 34.1. The minimum Gasteiger partial charge on any atom is -0.379 e. The van der Waals surface area contributed by atoms with Crippen LogP contribution in [0.1, 0.15) is 33.1 Å². The first-order valence-corrected chi connectivity index (χ1v) is 6.82. The zero-order valence-corrected chi connectivity index (χ0v) is 10.7. The maximum absolute atomic E-state index is 5.37. The van der Waals surface area contributed by atoms with Crippen LogP contribution in [0.4, 0.5) is 0 Å². The van der Waals surface area contributed by atoms with Crippen LogP contribution in [0, 0.1) is 5.92 Å². The Morgan fingerprint density at radius 1 is 1.31 bits per heavy atom. The van der Waals surface area contributed by atoms with Crippen molar-refractivity contribution in [3.8, 4) is 0 Å². The summed E-state index contributed by atoms with van der Waals surface area (Å²) in [6.45, 7) is 9.90. The van der Waals surface area contributed by atoms with E-state index in [0.29, 0.717) is 6.04 Å². The van der Waals surface area contributed by atoms with E-state index in [1.54, 1.807) is 0 Å². The summed E-state index contributed by atoms with van der Waals surface area (Å²) < 4.78 is 5.37. The Morgan fingerprint density at radius 3 is 2.69 bits per heavy atom. The van der Waals surface area contributed by atoms with E-state index in [1.165, 1.54) is 25.8 Å². The van der Waals surface area contributed by atoms with Crippen molar-refractivity contribution in [2.75, 3.05) is 32.8 Å². The Morgan fingerprint density at radius 2 is 2.06 bits per heavy atom. The van der Waals surface area contributed by atoms with E-state index >= 15 is 0 Å². The molecule has 1 saturated carbocycles. The first kappa shape index (κ1) is 12.3. The van der Waals surface area contributed by atoms with Crippen LogP contribution in [0.5, 0.6) is 0 Å². The Hall–Kier alpha value is -0.120. The van der Waals surface area contributed by atoms with Crippen molar-refractivity contribution in [1.82, 2.24) is 10.2 Å². The standard InChI is InChI=1S/C13H26N2O/c1-11-4-3-5-13(11)14-12(2)10-15-6-8-16-9-7-15/h11-14H,3-10H2,1-2H3. The third-order valence-corrected chi connectivity index (χ3v) is 4.00. The maximum atomic E-state index is 5.37. The van der Waals surface area contributed by atoms with Crippen LogP contribution < -0.4 is 5.32 Å². The molecule has 0 bridgehead atoms. The van der Waals surface area contributed by atoms with E-state index in [-0.39, 0.29) is 0 Å². The predicted octanol–water partition coefficient (Wildman–Crippen LogP) is 1.49. The topological polar surface area (TPSA) is 24.5 Å². The third kappa shape index (κ3) is 3.44. The monoisotopic (exact) mass is 226 g/mol. The lowest BCUT2D eigenvalue weighted by molar-refractivity contribution is 0.0336. The zero-order valence-electron chi connectivity index (χ0n) is 10.7. The summed E-state index contributed by atoms with van der Waals surface area (Å²) in [5.74, 6) is 0.868. The lowest BCUT2D eigenvalue weighted by atomic mass is 10.1. The summed E-state index contributed by atoms with van der Waals surface area (Å²) in [4.78, 5) is 2.51. The molecule has 16 heavy (non-hydrogen) atoms. The van der Waals surface area contributed by atoms with Gasteiger partial charge in [-0.05, 0) is 25.7 Å². The minimum absolute atomic E-state index is 0.614. The molecule has 0 radical (unpaired) electrons. The number of hydrogen-bond acceptors (Lipinski definition) is 3. The largest absolute Gasteiger partial charge is 0.379 e. The second kappa shape index (κ2) is 5.99. The molecule has 0 aromatic carbocycles. The van der Waals surface area contributed by atoms with Gasteiger partial charge >= 0.3 is 0 Å². The number of nitrogens with zero attached hydrogens (tertiary/aromatic N) is 1. The van der Waals surface area contributed by atoms with Gasteiger partial charge in [0.2, 0.25) is 0 Å².